The predicted octanol–water partition coefficient (Wildman–Crippen LogP) is 3.97. The van der Waals surface area contributed by atoms with E-state index in [0.29, 0.717) is 23.4 Å². The van der Waals surface area contributed by atoms with Gasteiger partial charge in [-0.05, 0) is 75.4 Å². The molecule has 0 saturated carbocycles. The molecule has 1 heterocycles. The van der Waals surface area contributed by atoms with E-state index in [9.17, 15) is 15.2 Å². The number of hydrogen-bond donors (Lipinski definition) is 2. The molecule has 1 aliphatic rings. The van der Waals surface area contributed by atoms with Gasteiger partial charge in [0.1, 0.15) is 30.3 Å². The van der Waals surface area contributed by atoms with Gasteiger partial charge < -0.3 is 24.8 Å². The monoisotopic (exact) mass is 501 g/mol. The number of benzene rings is 2. The van der Waals surface area contributed by atoms with Crippen molar-refractivity contribution in [2.24, 2.45) is 0 Å². The summed E-state index contributed by atoms with van der Waals surface area (Å²) in [5.74, 6) is 1.14. The summed E-state index contributed by atoms with van der Waals surface area (Å²) in [4.78, 5) is 14.5. The van der Waals surface area contributed by atoms with E-state index < -0.39 is 6.10 Å². The number of halogens is 1. The molecule has 1 fully saturated rings. The fourth-order valence-electron chi connectivity index (χ4n) is 4.11. The number of nitriles is 1. The number of carbonyl (C=O) groups is 1. The number of methoxy groups -OCH3 is 1. The van der Waals surface area contributed by atoms with E-state index >= 15 is 0 Å². The summed E-state index contributed by atoms with van der Waals surface area (Å²) < 4.78 is 10.9. The van der Waals surface area contributed by atoms with Crippen LogP contribution in [0.2, 0.25) is 0 Å². The Labute approximate surface area is 214 Å². The number of nitrogens with zero attached hydrogens (tertiary/aromatic N) is 2. The molecule has 0 aromatic heterocycles. The largest absolute Gasteiger partial charge is 0.497 e. The van der Waals surface area contributed by atoms with Crippen LogP contribution < -0.4 is 14.8 Å². The van der Waals surface area contributed by atoms with Crippen molar-refractivity contribution in [3.8, 4) is 17.6 Å². The van der Waals surface area contributed by atoms with E-state index in [1.807, 2.05) is 29.2 Å². The molecule has 0 spiro atoms. The normalized spacial score (nSPS) is 14.4. The second kappa shape index (κ2) is 13.3. The third kappa shape index (κ3) is 8.43. The highest BCUT2D eigenvalue weighted by Crippen LogP contribution is 2.22. The zero-order valence-corrected chi connectivity index (χ0v) is 21.6. The average Bonchev–Trinajstić information content (AvgIpc) is 2.86. The number of ether oxygens (including phenoxy) is 2. The zero-order chi connectivity index (χ0) is 24.6. The third-order valence-electron chi connectivity index (χ3n) is 6.04. The van der Waals surface area contributed by atoms with E-state index in [-0.39, 0.29) is 30.5 Å². The molecule has 1 atom stereocenters. The van der Waals surface area contributed by atoms with Crippen molar-refractivity contribution in [2.75, 3.05) is 33.4 Å². The summed E-state index contributed by atoms with van der Waals surface area (Å²) in [6, 6.07) is 15.0. The smallest absolute Gasteiger partial charge is 0.253 e. The molecule has 0 aliphatic carbocycles. The van der Waals surface area contributed by atoms with E-state index in [1.165, 1.54) is 5.56 Å². The number of carbonyl (C=O) groups excluding carboxylic acids is 1. The summed E-state index contributed by atoms with van der Waals surface area (Å²) in [5.41, 5.74) is 1.72. The second-order valence-electron chi connectivity index (χ2n) is 9.43. The van der Waals surface area contributed by atoms with Gasteiger partial charge >= 0.3 is 0 Å². The first-order valence-corrected chi connectivity index (χ1v) is 11.8. The van der Waals surface area contributed by atoms with Crippen LogP contribution >= 0.6 is 12.4 Å². The van der Waals surface area contributed by atoms with Crippen LogP contribution in [0.15, 0.2) is 42.5 Å². The van der Waals surface area contributed by atoms with E-state index in [4.69, 9.17) is 9.47 Å². The van der Waals surface area contributed by atoms with Gasteiger partial charge in [-0.2, -0.15) is 5.26 Å². The number of aliphatic hydroxyl groups excluding tert-OH is 1. The number of nitrogens with one attached hydrogen (secondary N) is 1. The third-order valence-corrected chi connectivity index (χ3v) is 6.04. The topological polar surface area (TPSA) is 94.8 Å². The molecule has 7 nitrogen and oxygen atoms in total. The highest BCUT2D eigenvalue weighted by molar-refractivity contribution is 5.95. The lowest BCUT2D eigenvalue weighted by Crippen LogP contribution is -2.46. The van der Waals surface area contributed by atoms with Crippen molar-refractivity contribution in [2.45, 2.75) is 51.2 Å². The maximum atomic E-state index is 12.7. The minimum Gasteiger partial charge on any atom is -0.497 e. The molecule has 35 heavy (non-hydrogen) atoms. The number of piperidine rings is 1. The molecular weight excluding hydrogens is 466 g/mol. The fraction of sp³-hybridized carbons (Fsp3) is 0.481. The number of amides is 1. The van der Waals surface area contributed by atoms with Crippen molar-refractivity contribution in [3.05, 3.63) is 59.2 Å². The van der Waals surface area contributed by atoms with Gasteiger partial charge in [-0.15, -0.1) is 12.4 Å². The molecule has 2 N–H and O–H groups in total. The minimum absolute atomic E-state index is 0. The van der Waals surface area contributed by atoms with Gasteiger partial charge in [0.25, 0.3) is 5.91 Å². The first-order valence-electron chi connectivity index (χ1n) is 11.8. The first kappa shape index (κ1) is 28.4. The molecule has 1 amide bonds. The highest BCUT2D eigenvalue weighted by Gasteiger charge is 2.21. The van der Waals surface area contributed by atoms with Crippen LogP contribution in [-0.4, -0.2) is 60.9 Å². The Morgan fingerprint density at radius 2 is 1.86 bits per heavy atom. The predicted molar refractivity (Wildman–Crippen MR) is 138 cm³/mol. The molecule has 0 bridgehead atoms. The summed E-state index contributed by atoms with van der Waals surface area (Å²) in [6.45, 7) is 6.06. The van der Waals surface area contributed by atoms with Gasteiger partial charge in [0.05, 0.1) is 12.7 Å². The molecule has 0 radical (unpaired) electrons. The maximum absolute atomic E-state index is 12.7. The van der Waals surface area contributed by atoms with Gasteiger partial charge in [-0.25, -0.2) is 0 Å². The van der Waals surface area contributed by atoms with Gasteiger partial charge in [0, 0.05) is 30.7 Å². The lowest BCUT2D eigenvalue weighted by molar-refractivity contribution is 0.0724. The van der Waals surface area contributed by atoms with Crippen LogP contribution in [0, 0.1) is 11.3 Å². The molecule has 3 rings (SSSR count). The van der Waals surface area contributed by atoms with E-state index in [2.05, 4.69) is 25.2 Å². The van der Waals surface area contributed by atoms with Gasteiger partial charge in [0.15, 0.2) is 0 Å². The van der Waals surface area contributed by atoms with Crippen LogP contribution in [0.25, 0.3) is 0 Å². The van der Waals surface area contributed by atoms with Crippen molar-refractivity contribution in [3.63, 3.8) is 0 Å². The van der Waals surface area contributed by atoms with Crippen molar-refractivity contribution in [1.29, 1.82) is 5.26 Å². The maximum Gasteiger partial charge on any atom is 0.253 e. The molecule has 1 aliphatic heterocycles. The van der Waals surface area contributed by atoms with Gasteiger partial charge in [-0.1, -0.05) is 12.1 Å². The standard InChI is InChI=1S/C27H35N3O4.ClH/c1-27(2,16-20-7-10-24(33-3)11-8-20)29-18-23(31)19-34-25-12-9-21(15-22(25)17-28)26(32)30-13-5-4-6-14-30;/h7-12,15,23,29,31H,4-6,13-14,16,18-19H2,1-3H3;1H. The molecule has 1 saturated heterocycles. The number of β-amino-alcohol motifs (C(OH)–C–C–N with tert-alkyl or cyclic N) is 1. The summed E-state index contributed by atoms with van der Waals surface area (Å²) in [5, 5.41) is 23.4. The quantitative estimate of drug-likeness (QED) is 0.511. The van der Waals surface area contributed by atoms with Gasteiger partial charge in [0.2, 0.25) is 0 Å². The fourth-order valence-corrected chi connectivity index (χ4v) is 4.11. The molecule has 1 unspecified atom stereocenters. The molecule has 8 heteroatoms. The van der Waals surface area contributed by atoms with Crippen LogP contribution in [0.5, 0.6) is 11.5 Å². The van der Waals surface area contributed by atoms with Crippen LogP contribution in [0.3, 0.4) is 0 Å². The highest BCUT2D eigenvalue weighted by atomic mass is 35.5. The van der Waals surface area contributed by atoms with Crippen molar-refractivity contribution < 1.29 is 19.4 Å². The average molecular weight is 502 g/mol. The number of hydrogen-bond acceptors (Lipinski definition) is 6. The molecule has 190 valence electrons. The summed E-state index contributed by atoms with van der Waals surface area (Å²) in [7, 11) is 1.65. The SMILES string of the molecule is COc1ccc(CC(C)(C)NCC(O)COc2ccc(C(=O)N3CCCCC3)cc2C#N)cc1.Cl. The Morgan fingerprint density at radius 1 is 1.17 bits per heavy atom. The van der Waals surface area contributed by atoms with Crippen molar-refractivity contribution in [1.82, 2.24) is 10.2 Å². The van der Waals surface area contributed by atoms with E-state index in [0.717, 1.165) is 44.5 Å². The first-order chi connectivity index (χ1) is 16.3. The summed E-state index contributed by atoms with van der Waals surface area (Å²) >= 11 is 0. The van der Waals surface area contributed by atoms with Crippen LogP contribution in [0.1, 0.15) is 54.6 Å². The Morgan fingerprint density at radius 3 is 2.49 bits per heavy atom. The molecular formula is C27H36ClN3O4. The lowest BCUT2D eigenvalue weighted by Gasteiger charge is -2.28. The van der Waals surface area contributed by atoms with Crippen LogP contribution in [-0.2, 0) is 6.42 Å². The number of rotatable bonds is 10. The number of likely N-dealkylation sites (tertiary alicyclic amines) is 1. The second-order valence-corrected chi connectivity index (χ2v) is 9.43. The zero-order valence-electron chi connectivity index (χ0n) is 20.8. The van der Waals surface area contributed by atoms with Crippen LogP contribution in [0.4, 0.5) is 0 Å². The lowest BCUT2D eigenvalue weighted by atomic mass is 9.94. The number of aliphatic hydroxyl groups is 1. The Hall–Kier alpha value is -2.79. The Kier molecular flexibility index (Phi) is 10.8. The van der Waals surface area contributed by atoms with Crippen molar-refractivity contribution >= 4 is 18.3 Å². The molecule has 2 aromatic carbocycles. The Bertz CT molecular complexity index is 998. The minimum atomic E-state index is -0.753. The summed E-state index contributed by atoms with van der Waals surface area (Å²) in [6.07, 6.45) is 3.21. The molecule has 2 aromatic rings. The Balaban J connectivity index is 0.00000432. The van der Waals surface area contributed by atoms with E-state index in [1.54, 1.807) is 25.3 Å². The van der Waals surface area contributed by atoms with Gasteiger partial charge in [-0.3, -0.25) is 4.79 Å².